The molecule has 1 aliphatic heterocycles. The first kappa shape index (κ1) is 12.8. The van der Waals surface area contributed by atoms with Crippen LogP contribution in [0.2, 0.25) is 0 Å². The molecule has 1 heterocycles. The van der Waals surface area contributed by atoms with Crippen LogP contribution in [-0.2, 0) is 0 Å². The van der Waals surface area contributed by atoms with Gasteiger partial charge in [-0.05, 0) is 44.1 Å². The first-order valence-corrected chi connectivity index (χ1v) is 6.42. The first-order valence-electron chi connectivity index (χ1n) is 6.42. The van der Waals surface area contributed by atoms with Crippen molar-refractivity contribution < 1.29 is 4.39 Å². The van der Waals surface area contributed by atoms with E-state index in [9.17, 15) is 4.39 Å². The quantitative estimate of drug-likeness (QED) is 0.889. The standard InChI is InChI=1S/C14H18FN3/c1-2-18-7-3-4-12(18)10-17-14-6-5-11(9-16)8-13(14)15/h5-6,8,12,17H,2-4,7,10H2,1H3. The molecule has 18 heavy (non-hydrogen) atoms. The molecule has 1 fully saturated rings. The van der Waals surface area contributed by atoms with Crippen LogP contribution < -0.4 is 5.32 Å². The van der Waals surface area contributed by atoms with Crippen LogP contribution in [0.4, 0.5) is 10.1 Å². The zero-order valence-corrected chi connectivity index (χ0v) is 10.6. The molecule has 2 rings (SSSR count). The molecule has 0 spiro atoms. The molecule has 4 heteroatoms. The molecule has 96 valence electrons. The number of anilines is 1. The predicted octanol–water partition coefficient (Wildman–Crippen LogP) is 2.59. The molecule has 0 saturated carbocycles. The Kier molecular flexibility index (Phi) is 4.16. The minimum atomic E-state index is -0.352. The van der Waals surface area contributed by atoms with Crippen LogP contribution in [0.5, 0.6) is 0 Å². The summed E-state index contributed by atoms with van der Waals surface area (Å²) < 4.78 is 13.7. The number of nitrogens with zero attached hydrogens (tertiary/aromatic N) is 2. The van der Waals surface area contributed by atoms with Gasteiger partial charge in [0.15, 0.2) is 0 Å². The lowest BCUT2D eigenvalue weighted by atomic mass is 10.2. The van der Waals surface area contributed by atoms with Crippen LogP contribution in [0.1, 0.15) is 25.3 Å². The third-order valence-corrected chi connectivity index (χ3v) is 3.53. The lowest BCUT2D eigenvalue weighted by Crippen LogP contribution is -2.34. The fourth-order valence-electron chi connectivity index (χ4n) is 2.50. The summed E-state index contributed by atoms with van der Waals surface area (Å²) in [6.45, 7) is 5.10. The molecular formula is C14H18FN3. The van der Waals surface area contributed by atoms with Crippen LogP contribution in [-0.4, -0.2) is 30.6 Å². The predicted molar refractivity (Wildman–Crippen MR) is 69.9 cm³/mol. The normalized spacial score (nSPS) is 19.7. The minimum Gasteiger partial charge on any atom is -0.381 e. The fraction of sp³-hybridized carbons (Fsp3) is 0.500. The Morgan fingerprint density at radius 3 is 3.06 bits per heavy atom. The van der Waals surface area contributed by atoms with Crippen LogP contribution >= 0.6 is 0 Å². The number of nitriles is 1. The smallest absolute Gasteiger partial charge is 0.147 e. The van der Waals surface area contributed by atoms with Crippen molar-refractivity contribution in [1.82, 2.24) is 4.90 Å². The first-order chi connectivity index (χ1) is 8.74. The van der Waals surface area contributed by atoms with E-state index in [0.717, 1.165) is 19.6 Å². The molecule has 1 aromatic rings. The zero-order chi connectivity index (χ0) is 13.0. The molecule has 0 bridgehead atoms. The highest BCUT2D eigenvalue weighted by Crippen LogP contribution is 2.19. The maximum absolute atomic E-state index is 13.7. The number of benzene rings is 1. The van der Waals surface area contributed by atoms with E-state index in [1.165, 1.54) is 18.9 Å². The monoisotopic (exact) mass is 247 g/mol. The second kappa shape index (κ2) is 5.83. The average Bonchev–Trinajstić information content (AvgIpc) is 2.84. The highest BCUT2D eigenvalue weighted by molar-refractivity contribution is 5.48. The van der Waals surface area contributed by atoms with E-state index < -0.39 is 0 Å². The molecule has 0 aromatic heterocycles. The Bertz CT molecular complexity index is 453. The zero-order valence-electron chi connectivity index (χ0n) is 10.6. The maximum Gasteiger partial charge on any atom is 0.147 e. The topological polar surface area (TPSA) is 39.1 Å². The molecule has 1 aliphatic rings. The van der Waals surface area contributed by atoms with E-state index in [4.69, 9.17) is 5.26 Å². The van der Waals surface area contributed by atoms with Gasteiger partial charge in [0.1, 0.15) is 5.82 Å². The van der Waals surface area contributed by atoms with Gasteiger partial charge in [-0.3, -0.25) is 4.90 Å². The number of hydrogen-bond acceptors (Lipinski definition) is 3. The van der Waals surface area contributed by atoms with Crippen molar-refractivity contribution >= 4 is 5.69 Å². The van der Waals surface area contributed by atoms with E-state index in [1.54, 1.807) is 12.1 Å². The second-order valence-electron chi connectivity index (χ2n) is 4.61. The molecule has 0 aliphatic carbocycles. The van der Waals surface area contributed by atoms with Gasteiger partial charge in [-0.1, -0.05) is 6.92 Å². The molecule has 0 amide bonds. The molecular weight excluding hydrogens is 229 g/mol. The van der Waals surface area contributed by atoms with Gasteiger partial charge in [-0.25, -0.2) is 4.39 Å². The van der Waals surface area contributed by atoms with E-state index in [0.29, 0.717) is 17.3 Å². The number of likely N-dealkylation sites (N-methyl/N-ethyl adjacent to an activating group) is 1. The SMILES string of the molecule is CCN1CCCC1CNc1ccc(C#N)cc1F. The molecule has 1 aromatic carbocycles. The van der Waals surface area contributed by atoms with Crippen molar-refractivity contribution in [2.45, 2.75) is 25.8 Å². The van der Waals surface area contributed by atoms with Gasteiger partial charge in [0, 0.05) is 12.6 Å². The Morgan fingerprint density at radius 1 is 1.56 bits per heavy atom. The Labute approximate surface area is 107 Å². The minimum absolute atomic E-state index is 0.352. The maximum atomic E-state index is 13.7. The lowest BCUT2D eigenvalue weighted by molar-refractivity contribution is 0.277. The van der Waals surface area contributed by atoms with Gasteiger partial charge in [-0.15, -0.1) is 0 Å². The molecule has 0 radical (unpaired) electrons. The molecule has 1 N–H and O–H groups in total. The summed E-state index contributed by atoms with van der Waals surface area (Å²) in [4.78, 5) is 2.41. The molecule has 1 unspecified atom stereocenters. The number of rotatable bonds is 4. The Morgan fingerprint density at radius 2 is 2.39 bits per heavy atom. The highest BCUT2D eigenvalue weighted by Gasteiger charge is 2.22. The van der Waals surface area contributed by atoms with Crippen LogP contribution in [0.25, 0.3) is 0 Å². The summed E-state index contributed by atoms with van der Waals surface area (Å²) in [6, 6.07) is 6.97. The van der Waals surface area contributed by atoms with Crippen molar-refractivity contribution in [3.8, 4) is 6.07 Å². The van der Waals surface area contributed by atoms with Crippen LogP contribution in [0, 0.1) is 17.1 Å². The fourth-order valence-corrected chi connectivity index (χ4v) is 2.50. The van der Waals surface area contributed by atoms with Gasteiger partial charge in [0.25, 0.3) is 0 Å². The van der Waals surface area contributed by atoms with E-state index in [-0.39, 0.29) is 5.82 Å². The van der Waals surface area contributed by atoms with Crippen molar-refractivity contribution in [1.29, 1.82) is 5.26 Å². The summed E-state index contributed by atoms with van der Waals surface area (Å²) in [6.07, 6.45) is 2.38. The van der Waals surface area contributed by atoms with Gasteiger partial charge < -0.3 is 5.32 Å². The number of nitrogens with one attached hydrogen (secondary N) is 1. The van der Waals surface area contributed by atoms with E-state index in [1.807, 2.05) is 6.07 Å². The third-order valence-electron chi connectivity index (χ3n) is 3.53. The highest BCUT2D eigenvalue weighted by atomic mass is 19.1. The lowest BCUT2D eigenvalue weighted by Gasteiger charge is -2.23. The number of hydrogen-bond donors (Lipinski definition) is 1. The Balaban J connectivity index is 1.96. The van der Waals surface area contributed by atoms with Crippen molar-refractivity contribution in [2.24, 2.45) is 0 Å². The summed E-state index contributed by atoms with van der Waals surface area (Å²) in [7, 11) is 0. The van der Waals surface area contributed by atoms with Gasteiger partial charge in [-0.2, -0.15) is 5.26 Å². The Hall–Kier alpha value is -1.60. The van der Waals surface area contributed by atoms with Crippen molar-refractivity contribution in [3.05, 3.63) is 29.6 Å². The summed E-state index contributed by atoms with van der Waals surface area (Å²) in [5.41, 5.74) is 0.839. The average molecular weight is 247 g/mol. The van der Waals surface area contributed by atoms with Gasteiger partial charge in [0.05, 0.1) is 17.3 Å². The summed E-state index contributed by atoms with van der Waals surface area (Å²) in [5, 5.41) is 11.8. The van der Waals surface area contributed by atoms with Crippen molar-refractivity contribution in [3.63, 3.8) is 0 Å². The van der Waals surface area contributed by atoms with Gasteiger partial charge in [0.2, 0.25) is 0 Å². The number of likely N-dealkylation sites (tertiary alicyclic amines) is 1. The summed E-state index contributed by atoms with van der Waals surface area (Å²) >= 11 is 0. The largest absolute Gasteiger partial charge is 0.381 e. The van der Waals surface area contributed by atoms with Gasteiger partial charge >= 0.3 is 0 Å². The van der Waals surface area contributed by atoms with Crippen molar-refractivity contribution in [2.75, 3.05) is 25.0 Å². The summed E-state index contributed by atoms with van der Waals surface area (Å²) in [5.74, 6) is -0.352. The van der Waals surface area contributed by atoms with Crippen LogP contribution in [0.15, 0.2) is 18.2 Å². The van der Waals surface area contributed by atoms with E-state index >= 15 is 0 Å². The van der Waals surface area contributed by atoms with Crippen LogP contribution in [0.3, 0.4) is 0 Å². The third kappa shape index (κ3) is 2.80. The van der Waals surface area contributed by atoms with E-state index in [2.05, 4.69) is 17.1 Å². The molecule has 1 atom stereocenters. The number of halogens is 1. The second-order valence-corrected chi connectivity index (χ2v) is 4.61. The molecule has 3 nitrogen and oxygen atoms in total. The molecule has 1 saturated heterocycles.